The fourth-order valence-electron chi connectivity index (χ4n) is 0.783. The maximum Gasteiger partial charge on any atom is 0.347 e. The smallest absolute Gasteiger partial charge is 0.347 e. The molecule has 0 amide bonds. The number of halogens is 1. The van der Waals surface area contributed by atoms with Gasteiger partial charge in [0.25, 0.3) is 0 Å². The first-order valence-electron chi connectivity index (χ1n) is 3.22. The average Bonchev–Trinajstić information content (AvgIpc) is 2.30. The predicted octanol–water partition coefficient (Wildman–Crippen LogP) is 2.15. The molecule has 2 N–H and O–H groups in total. The number of aromatic carboxylic acids is 1. The molecule has 1 unspecified atom stereocenters. The number of carboxylic acid groups (broad SMARTS) is 1. The molecular formula is C7H7ClO3S. The van der Waals surface area contributed by atoms with Crippen molar-refractivity contribution in [2.24, 2.45) is 0 Å². The maximum atomic E-state index is 10.5. The summed E-state index contributed by atoms with van der Waals surface area (Å²) in [6.45, 7) is 1.54. The molecule has 0 radical (unpaired) electrons. The van der Waals surface area contributed by atoms with Crippen molar-refractivity contribution >= 4 is 28.9 Å². The molecule has 1 aromatic rings. The Morgan fingerprint density at radius 2 is 2.33 bits per heavy atom. The van der Waals surface area contributed by atoms with Crippen LogP contribution in [0.4, 0.5) is 0 Å². The Bertz CT molecular complexity index is 306. The third-order valence-corrected chi connectivity index (χ3v) is 2.91. The van der Waals surface area contributed by atoms with Crippen LogP contribution in [-0.2, 0) is 0 Å². The highest BCUT2D eigenvalue weighted by Gasteiger charge is 2.17. The minimum Gasteiger partial charge on any atom is -0.477 e. The number of aliphatic hydroxyl groups is 1. The highest BCUT2D eigenvalue weighted by molar-refractivity contribution is 7.12. The standard InChI is InChI=1S/C7H7ClO3S/c1-3(9)4-2-12-6(5(4)8)7(10)11/h2-3,9H,1H3,(H,10,11). The number of thiophene rings is 1. The van der Waals surface area contributed by atoms with Crippen LogP contribution in [0.15, 0.2) is 5.38 Å². The van der Waals surface area contributed by atoms with E-state index in [2.05, 4.69) is 0 Å². The third kappa shape index (κ3) is 1.60. The Kier molecular flexibility index (Phi) is 2.72. The lowest BCUT2D eigenvalue weighted by Gasteiger charge is -2.00. The normalized spacial score (nSPS) is 12.9. The van der Waals surface area contributed by atoms with Gasteiger partial charge in [-0.25, -0.2) is 4.79 Å². The second-order valence-electron chi connectivity index (χ2n) is 2.32. The van der Waals surface area contributed by atoms with Crippen LogP contribution >= 0.6 is 22.9 Å². The number of hydrogen-bond donors (Lipinski definition) is 2. The van der Waals surface area contributed by atoms with Crippen molar-refractivity contribution in [1.82, 2.24) is 0 Å². The van der Waals surface area contributed by atoms with Crippen LogP contribution in [0.1, 0.15) is 28.3 Å². The van der Waals surface area contributed by atoms with Crippen molar-refractivity contribution in [2.75, 3.05) is 0 Å². The third-order valence-electron chi connectivity index (χ3n) is 1.40. The largest absolute Gasteiger partial charge is 0.477 e. The van der Waals surface area contributed by atoms with Gasteiger partial charge in [0.15, 0.2) is 0 Å². The van der Waals surface area contributed by atoms with Gasteiger partial charge in [-0.15, -0.1) is 11.3 Å². The number of aliphatic hydroxyl groups excluding tert-OH is 1. The van der Waals surface area contributed by atoms with E-state index in [0.29, 0.717) is 5.56 Å². The van der Waals surface area contributed by atoms with Crippen molar-refractivity contribution in [1.29, 1.82) is 0 Å². The predicted molar refractivity (Wildman–Crippen MR) is 46.9 cm³/mol. The summed E-state index contributed by atoms with van der Waals surface area (Å²) in [5, 5.41) is 19.4. The monoisotopic (exact) mass is 206 g/mol. The topological polar surface area (TPSA) is 57.5 Å². The fraction of sp³-hybridized carbons (Fsp3) is 0.286. The average molecular weight is 207 g/mol. The van der Waals surface area contributed by atoms with E-state index in [1.54, 1.807) is 12.3 Å². The summed E-state index contributed by atoms with van der Waals surface area (Å²) in [7, 11) is 0. The van der Waals surface area contributed by atoms with Gasteiger partial charge in [0, 0.05) is 5.56 Å². The molecule has 0 spiro atoms. The van der Waals surface area contributed by atoms with Crippen LogP contribution in [0.5, 0.6) is 0 Å². The SMILES string of the molecule is CC(O)c1csc(C(=O)O)c1Cl. The van der Waals surface area contributed by atoms with Crippen molar-refractivity contribution in [3.63, 3.8) is 0 Å². The molecule has 0 fully saturated rings. The molecule has 66 valence electrons. The summed E-state index contributed by atoms with van der Waals surface area (Å²) in [4.78, 5) is 10.6. The van der Waals surface area contributed by atoms with E-state index in [-0.39, 0.29) is 9.90 Å². The van der Waals surface area contributed by atoms with Crippen LogP contribution < -0.4 is 0 Å². The van der Waals surface area contributed by atoms with E-state index < -0.39 is 12.1 Å². The van der Waals surface area contributed by atoms with Crippen LogP contribution in [0.25, 0.3) is 0 Å². The lowest BCUT2D eigenvalue weighted by molar-refractivity contribution is 0.0702. The van der Waals surface area contributed by atoms with E-state index >= 15 is 0 Å². The molecule has 0 bridgehead atoms. The van der Waals surface area contributed by atoms with Crippen molar-refractivity contribution in [3.8, 4) is 0 Å². The molecule has 0 aromatic carbocycles. The Hall–Kier alpha value is -0.580. The molecular weight excluding hydrogens is 200 g/mol. The summed E-state index contributed by atoms with van der Waals surface area (Å²) < 4.78 is 0. The second kappa shape index (κ2) is 3.43. The van der Waals surface area contributed by atoms with Gasteiger partial charge in [0.2, 0.25) is 0 Å². The van der Waals surface area contributed by atoms with Crippen LogP contribution in [-0.4, -0.2) is 16.2 Å². The number of carbonyl (C=O) groups is 1. The highest BCUT2D eigenvalue weighted by Crippen LogP contribution is 2.31. The van der Waals surface area contributed by atoms with Crippen molar-refractivity contribution in [3.05, 3.63) is 20.8 Å². The Labute approximate surface area is 78.2 Å². The van der Waals surface area contributed by atoms with E-state index in [4.69, 9.17) is 21.8 Å². The van der Waals surface area contributed by atoms with Crippen molar-refractivity contribution in [2.45, 2.75) is 13.0 Å². The number of rotatable bonds is 2. The molecule has 0 aliphatic carbocycles. The maximum absolute atomic E-state index is 10.5. The summed E-state index contributed by atoms with van der Waals surface area (Å²) in [5.74, 6) is -1.06. The zero-order valence-electron chi connectivity index (χ0n) is 6.24. The number of carboxylic acids is 1. The van der Waals surface area contributed by atoms with Gasteiger partial charge in [-0.1, -0.05) is 11.6 Å². The first kappa shape index (κ1) is 9.51. The Morgan fingerprint density at radius 1 is 1.75 bits per heavy atom. The molecule has 5 heteroatoms. The minimum atomic E-state index is -1.06. The molecule has 1 heterocycles. The molecule has 3 nitrogen and oxygen atoms in total. The van der Waals surface area contributed by atoms with Gasteiger partial charge in [0.05, 0.1) is 11.1 Å². The van der Waals surface area contributed by atoms with E-state index in [9.17, 15) is 4.79 Å². The summed E-state index contributed by atoms with van der Waals surface area (Å²) in [5.41, 5.74) is 0.471. The van der Waals surface area contributed by atoms with E-state index in [0.717, 1.165) is 11.3 Å². The number of hydrogen-bond acceptors (Lipinski definition) is 3. The Morgan fingerprint density at radius 3 is 2.58 bits per heavy atom. The first-order valence-corrected chi connectivity index (χ1v) is 4.48. The molecule has 1 atom stereocenters. The molecule has 12 heavy (non-hydrogen) atoms. The van der Waals surface area contributed by atoms with Gasteiger partial charge in [-0.2, -0.15) is 0 Å². The lowest BCUT2D eigenvalue weighted by Crippen LogP contribution is -1.94. The molecule has 0 aliphatic rings. The summed E-state index contributed by atoms with van der Waals surface area (Å²) in [6.07, 6.45) is -0.721. The quantitative estimate of drug-likeness (QED) is 0.780. The van der Waals surface area contributed by atoms with Crippen molar-refractivity contribution < 1.29 is 15.0 Å². The van der Waals surface area contributed by atoms with Gasteiger partial charge in [-0.05, 0) is 12.3 Å². The van der Waals surface area contributed by atoms with Gasteiger partial charge in [-0.3, -0.25) is 0 Å². The van der Waals surface area contributed by atoms with Gasteiger partial charge < -0.3 is 10.2 Å². The zero-order valence-corrected chi connectivity index (χ0v) is 7.82. The van der Waals surface area contributed by atoms with E-state index in [1.807, 2.05) is 0 Å². The highest BCUT2D eigenvalue weighted by atomic mass is 35.5. The van der Waals surface area contributed by atoms with Gasteiger partial charge >= 0.3 is 5.97 Å². The van der Waals surface area contributed by atoms with Gasteiger partial charge in [0.1, 0.15) is 4.88 Å². The molecule has 1 aromatic heterocycles. The fourth-order valence-corrected chi connectivity index (χ4v) is 2.16. The lowest BCUT2D eigenvalue weighted by atomic mass is 10.2. The second-order valence-corrected chi connectivity index (χ2v) is 3.57. The Balaban J connectivity index is 3.13. The summed E-state index contributed by atoms with van der Waals surface area (Å²) >= 11 is 6.71. The molecule has 0 saturated carbocycles. The molecule has 0 saturated heterocycles. The van der Waals surface area contributed by atoms with Crippen LogP contribution in [0.3, 0.4) is 0 Å². The first-order chi connectivity index (χ1) is 5.54. The van der Waals surface area contributed by atoms with Crippen LogP contribution in [0, 0.1) is 0 Å². The van der Waals surface area contributed by atoms with Crippen LogP contribution in [0.2, 0.25) is 5.02 Å². The summed E-state index contributed by atoms with van der Waals surface area (Å²) in [6, 6.07) is 0. The van der Waals surface area contributed by atoms with E-state index in [1.165, 1.54) is 0 Å². The molecule has 0 aliphatic heterocycles. The minimum absolute atomic E-state index is 0.0765. The zero-order chi connectivity index (χ0) is 9.30. The molecule has 1 rings (SSSR count).